The average Bonchev–Trinajstić information content (AvgIpc) is 2.42. The van der Waals surface area contributed by atoms with E-state index in [-0.39, 0.29) is 11.3 Å². The number of hydrogen-bond acceptors (Lipinski definition) is 3. The van der Waals surface area contributed by atoms with E-state index in [2.05, 4.69) is 5.32 Å². The van der Waals surface area contributed by atoms with Crippen molar-refractivity contribution in [2.45, 2.75) is 12.8 Å². The van der Waals surface area contributed by atoms with Crippen LogP contribution in [0.3, 0.4) is 0 Å². The third kappa shape index (κ3) is 2.77. The molecule has 1 unspecified atom stereocenters. The van der Waals surface area contributed by atoms with Crippen molar-refractivity contribution in [2.75, 3.05) is 25.1 Å². The molecule has 1 saturated heterocycles. The monoisotopic (exact) mass is 252 g/mol. The number of nitrogens with one attached hydrogen (secondary N) is 1. The van der Waals surface area contributed by atoms with E-state index in [1.54, 1.807) is 6.07 Å². The SMILES string of the molecule is N#Cc1ccc(NCC2CCCOC2)c(F)c1F. The first kappa shape index (κ1) is 12.8. The van der Waals surface area contributed by atoms with E-state index in [0.717, 1.165) is 19.4 Å². The molecule has 2 rings (SSSR count). The van der Waals surface area contributed by atoms with Gasteiger partial charge in [0.1, 0.15) is 6.07 Å². The van der Waals surface area contributed by atoms with Gasteiger partial charge >= 0.3 is 0 Å². The molecular weight excluding hydrogens is 238 g/mol. The van der Waals surface area contributed by atoms with E-state index in [4.69, 9.17) is 10.00 Å². The third-order valence-corrected chi connectivity index (χ3v) is 3.04. The topological polar surface area (TPSA) is 45.0 Å². The Labute approximate surface area is 104 Å². The van der Waals surface area contributed by atoms with Gasteiger partial charge in [-0.3, -0.25) is 0 Å². The number of rotatable bonds is 3. The largest absolute Gasteiger partial charge is 0.382 e. The number of ether oxygens (including phenoxy) is 1. The van der Waals surface area contributed by atoms with Gasteiger partial charge in [-0.1, -0.05) is 0 Å². The minimum Gasteiger partial charge on any atom is -0.382 e. The van der Waals surface area contributed by atoms with Crippen LogP contribution >= 0.6 is 0 Å². The van der Waals surface area contributed by atoms with E-state index in [0.29, 0.717) is 19.1 Å². The van der Waals surface area contributed by atoms with Crippen LogP contribution in [-0.2, 0) is 4.74 Å². The van der Waals surface area contributed by atoms with Crippen LogP contribution in [0.1, 0.15) is 18.4 Å². The maximum Gasteiger partial charge on any atom is 0.183 e. The Kier molecular flexibility index (Phi) is 4.11. The number of nitriles is 1. The molecule has 1 aromatic carbocycles. The summed E-state index contributed by atoms with van der Waals surface area (Å²) in [5, 5.41) is 11.4. The number of anilines is 1. The normalized spacial score (nSPS) is 19.3. The third-order valence-electron chi connectivity index (χ3n) is 3.04. The van der Waals surface area contributed by atoms with E-state index in [9.17, 15) is 8.78 Å². The summed E-state index contributed by atoms with van der Waals surface area (Å²) in [4.78, 5) is 0. The van der Waals surface area contributed by atoms with Crippen molar-refractivity contribution in [3.8, 4) is 6.07 Å². The van der Waals surface area contributed by atoms with E-state index < -0.39 is 11.6 Å². The molecule has 0 amide bonds. The van der Waals surface area contributed by atoms with E-state index >= 15 is 0 Å². The summed E-state index contributed by atoms with van der Waals surface area (Å²) in [6, 6.07) is 4.27. The summed E-state index contributed by atoms with van der Waals surface area (Å²) in [7, 11) is 0. The smallest absolute Gasteiger partial charge is 0.183 e. The molecule has 1 aromatic rings. The van der Waals surface area contributed by atoms with E-state index in [1.165, 1.54) is 12.1 Å². The fourth-order valence-corrected chi connectivity index (χ4v) is 2.00. The molecule has 1 atom stereocenters. The molecule has 5 heteroatoms. The molecule has 18 heavy (non-hydrogen) atoms. The summed E-state index contributed by atoms with van der Waals surface area (Å²) >= 11 is 0. The van der Waals surface area contributed by atoms with Crippen LogP contribution in [0.25, 0.3) is 0 Å². The van der Waals surface area contributed by atoms with Crippen molar-refractivity contribution in [3.05, 3.63) is 29.3 Å². The second-order valence-corrected chi connectivity index (χ2v) is 4.36. The predicted octanol–water partition coefficient (Wildman–Crippen LogP) is 2.67. The van der Waals surface area contributed by atoms with Crippen LogP contribution in [0, 0.1) is 28.9 Å². The van der Waals surface area contributed by atoms with Gasteiger partial charge in [-0.05, 0) is 30.9 Å². The Morgan fingerprint density at radius 3 is 2.89 bits per heavy atom. The Morgan fingerprint density at radius 2 is 2.22 bits per heavy atom. The molecule has 0 saturated carbocycles. The number of halogens is 2. The Hall–Kier alpha value is -1.67. The predicted molar refractivity (Wildman–Crippen MR) is 63.1 cm³/mol. The summed E-state index contributed by atoms with van der Waals surface area (Å²) in [6.45, 7) is 1.96. The fraction of sp³-hybridized carbons (Fsp3) is 0.462. The van der Waals surface area contributed by atoms with Crippen LogP contribution < -0.4 is 5.32 Å². The number of nitrogens with zero attached hydrogens (tertiary/aromatic N) is 1. The summed E-state index contributed by atoms with van der Waals surface area (Å²) in [6.07, 6.45) is 2.02. The van der Waals surface area contributed by atoms with Gasteiger partial charge in [0.25, 0.3) is 0 Å². The number of benzene rings is 1. The fourth-order valence-electron chi connectivity index (χ4n) is 2.00. The minimum absolute atomic E-state index is 0.0945. The molecular formula is C13H14F2N2O. The molecule has 0 spiro atoms. The molecule has 96 valence electrons. The maximum atomic E-state index is 13.6. The molecule has 3 nitrogen and oxygen atoms in total. The first-order valence-corrected chi connectivity index (χ1v) is 5.92. The van der Waals surface area contributed by atoms with E-state index in [1.807, 2.05) is 0 Å². The van der Waals surface area contributed by atoms with Gasteiger partial charge in [-0.25, -0.2) is 8.78 Å². The minimum atomic E-state index is -1.10. The molecule has 0 aromatic heterocycles. The standard InChI is InChI=1S/C13H14F2N2O/c14-12-10(6-16)3-4-11(13(12)15)17-7-9-2-1-5-18-8-9/h3-4,9,17H,1-2,5,7-8H2. The van der Waals surface area contributed by atoms with Gasteiger partial charge in [-0.2, -0.15) is 5.26 Å². The first-order valence-electron chi connectivity index (χ1n) is 5.92. The Bertz CT molecular complexity index is 465. The zero-order chi connectivity index (χ0) is 13.0. The second kappa shape index (κ2) is 5.78. The molecule has 0 bridgehead atoms. The highest BCUT2D eigenvalue weighted by molar-refractivity contribution is 5.49. The number of hydrogen-bond donors (Lipinski definition) is 1. The van der Waals surface area contributed by atoms with Crippen molar-refractivity contribution >= 4 is 5.69 Å². The van der Waals surface area contributed by atoms with Gasteiger partial charge < -0.3 is 10.1 Å². The van der Waals surface area contributed by atoms with Gasteiger partial charge in [0, 0.05) is 13.2 Å². The first-order chi connectivity index (χ1) is 8.72. The van der Waals surface area contributed by atoms with Crippen LogP contribution in [-0.4, -0.2) is 19.8 Å². The van der Waals surface area contributed by atoms with Crippen molar-refractivity contribution in [1.29, 1.82) is 5.26 Å². The quantitative estimate of drug-likeness (QED) is 0.899. The highest BCUT2D eigenvalue weighted by Crippen LogP contribution is 2.21. The zero-order valence-electron chi connectivity index (χ0n) is 9.88. The van der Waals surface area contributed by atoms with Gasteiger partial charge in [0.05, 0.1) is 17.9 Å². The van der Waals surface area contributed by atoms with Gasteiger partial charge in [-0.15, -0.1) is 0 Å². The lowest BCUT2D eigenvalue weighted by molar-refractivity contribution is 0.0595. The molecule has 1 aliphatic heterocycles. The van der Waals surface area contributed by atoms with Crippen LogP contribution in [0.4, 0.5) is 14.5 Å². The Morgan fingerprint density at radius 1 is 1.39 bits per heavy atom. The molecule has 1 heterocycles. The highest BCUT2D eigenvalue weighted by Gasteiger charge is 2.16. The summed E-state index contributed by atoms with van der Waals surface area (Å²) in [5.41, 5.74) is -0.184. The molecule has 1 N–H and O–H groups in total. The van der Waals surface area contributed by atoms with Crippen LogP contribution in [0.5, 0.6) is 0 Å². The lowest BCUT2D eigenvalue weighted by atomic mass is 10.0. The highest BCUT2D eigenvalue weighted by atomic mass is 19.2. The van der Waals surface area contributed by atoms with Crippen molar-refractivity contribution in [2.24, 2.45) is 5.92 Å². The maximum absolute atomic E-state index is 13.6. The van der Waals surface area contributed by atoms with Crippen molar-refractivity contribution < 1.29 is 13.5 Å². The molecule has 1 fully saturated rings. The van der Waals surface area contributed by atoms with Crippen LogP contribution in [0.15, 0.2) is 12.1 Å². The molecule has 0 radical (unpaired) electrons. The lowest BCUT2D eigenvalue weighted by Crippen LogP contribution is -2.24. The summed E-state index contributed by atoms with van der Waals surface area (Å²) < 4.78 is 32.3. The van der Waals surface area contributed by atoms with Gasteiger partial charge in [0.15, 0.2) is 11.6 Å². The molecule has 0 aliphatic carbocycles. The van der Waals surface area contributed by atoms with Crippen molar-refractivity contribution in [3.63, 3.8) is 0 Å². The summed E-state index contributed by atoms with van der Waals surface area (Å²) in [5.74, 6) is -1.77. The second-order valence-electron chi connectivity index (χ2n) is 4.36. The van der Waals surface area contributed by atoms with Crippen molar-refractivity contribution in [1.82, 2.24) is 0 Å². The van der Waals surface area contributed by atoms with Crippen LogP contribution in [0.2, 0.25) is 0 Å². The molecule has 1 aliphatic rings. The zero-order valence-corrected chi connectivity index (χ0v) is 9.88. The van der Waals surface area contributed by atoms with Gasteiger partial charge in [0.2, 0.25) is 0 Å². The Balaban J connectivity index is 2.01. The lowest BCUT2D eigenvalue weighted by Gasteiger charge is -2.22. The average molecular weight is 252 g/mol.